The number of halogens is 3. The number of fused-ring (bicyclic) bond motifs is 1. The zero-order valence-corrected chi connectivity index (χ0v) is 20.5. The van der Waals surface area contributed by atoms with Crippen LogP contribution >= 0.6 is 7.60 Å². The Labute approximate surface area is 213 Å². The number of hydrogen-bond acceptors (Lipinski definition) is 9. The number of rotatable bonds is 8. The maximum atomic E-state index is 12.9. The molecule has 1 saturated heterocycles. The molecule has 204 valence electrons. The quantitative estimate of drug-likeness (QED) is 0.256. The van der Waals surface area contributed by atoms with E-state index in [4.69, 9.17) is 19.3 Å². The summed E-state index contributed by atoms with van der Waals surface area (Å²) in [5.41, 5.74) is -0.102. The van der Waals surface area contributed by atoms with Gasteiger partial charge >= 0.3 is 13.8 Å². The first kappa shape index (κ1) is 27.9. The van der Waals surface area contributed by atoms with Crippen molar-refractivity contribution in [3.8, 4) is 6.07 Å². The molecule has 0 aliphatic carbocycles. The molecular formula is C22H23F3N5O7P. The van der Waals surface area contributed by atoms with Gasteiger partial charge < -0.3 is 39.4 Å². The smallest absolute Gasteiger partial charge is 0.387 e. The van der Waals surface area contributed by atoms with E-state index < -0.39 is 62.9 Å². The van der Waals surface area contributed by atoms with Crippen molar-refractivity contribution in [2.75, 3.05) is 18.3 Å². The van der Waals surface area contributed by atoms with Gasteiger partial charge in [-0.3, -0.25) is 4.57 Å². The van der Waals surface area contributed by atoms with E-state index >= 15 is 0 Å². The molecule has 5 N–H and O–H groups in total. The maximum absolute atomic E-state index is 12.9. The molecule has 3 aromatic rings. The van der Waals surface area contributed by atoms with Gasteiger partial charge in [0.1, 0.15) is 42.2 Å². The molecule has 0 amide bonds. The lowest BCUT2D eigenvalue weighted by atomic mass is 10.1. The van der Waals surface area contributed by atoms with Crippen molar-refractivity contribution < 1.29 is 47.2 Å². The van der Waals surface area contributed by atoms with Crippen molar-refractivity contribution in [2.45, 2.75) is 43.7 Å². The van der Waals surface area contributed by atoms with E-state index in [0.29, 0.717) is 10.9 Å². The molecule has 2 aromatic heterocycles. The second kappa shape index (κ2) is 10.6. The van der Waals surface area contributed by atoms with E-state index in [-0.39, 0.29) is 17.3 Å². The van der Waals surface area contributed by atoms with Crippen LogP contribution in [0.4, 0.5) is 19.0 Å². The molecule has 5 atom stereocenters. The molecule has 38 heavy (non-hydrogen) atoms. The lowest BCUT2D eigenvalue weighted by Gasteiger charge is -2.19. The lowest BCUT2D eigenvalue weighted by Crippen LogP contribution is -2.33. The average molecular weight is 557 g/mol. The van der Waals surface area contributed by atoms with Crippen LogP contribution in [0, 0.1) is 11.3 Å². The normalized spacial score (nSPS) is 22.9. The Morgan fingerprint density at radius 3 is 2.50 bits per heavy atom. The first-order chi connectivity index (χ1) is 17.8. The molecule has 1 aromatic carbocycles. The van der Waals surface area contributed by atoms with Gasteiger partial charge in [-0.1, -0.05) is 12.1 Å². The number of alkyl halides is 3. The average Bonchev–Trinajstić information content (AvgIpc) is 3.39. The van der Waals surface area contributed by atoms with Crippen LogP contribution in [0.5, 0.6) is 0 Å². The van der Waals surface area contributed by atoms with Gasteiger partial charge in [0.25, 0.3) is 0 Å². The summed E-state index contributed by atoms with van der Waals surface area (Å²) in [6.45, 7) is 1.29. The highest BCUT2D eigenvalue weighted by molar-refractivity contribution is 7.51. The van der Waals surface area contributed by atoms with E-state index in [1.165, 1.54) is 22.9 Å². The minimum atomic E-state index is -4.47. The van der Waals surface area contributed by atoms with Gasteiger partial charge in [-0.05, 0) is 30.7 Å². The number of aliphatic hydroxyl groups excluding tert-OH is 2. The van der Waals surface area contributed by atoms with Crippen LogP contribution in [0.25, 0.3) is 11.0 Å². The maximum Gasteiger partial charge on any atom is 0.416 e. The number of nitriles is 1. The Kier molecular flexibility index (Phi) is 7.78. The van der Waals surface area contributed by atoms with Crippen LogP contribution in [0.3, 0.4) is 0 Å². The molecule has 12 nitrogen and oxygen atoms in total. The minimum absolute atomic E-state index is 0.159. The molecule has 0 saturated carbocycles. The molecular weight excluding hydrogens is 534 g/mol. The molecule has 16 heteroatoms. The van der Waals surface area contributed by atoms with Crippen molar-refractivity contribution in [3.05, 3.63) is 53.5 Å². The fourth-order valence-corrected chi connectivity index (χ4v) is 4.38. The third kappa shape index (κ3) is 5.97. The molecule has 1 fully saturated rings. The SMILES string of the molecule is CC(Nc1nc(C#N)nc2c1ccn2[C@@H]1O[C@H](COCP(=O)(O)O)[C@@H](O)[C@H]1O)c1ccc(C(F)(F)F)cc1. The molecule has 0 bridgehead atoms. The number of ether oxygens (including phenoxy) is 2. The predicted octanol–water partition coefficient (Wildman–Crippen LogP) is 2.27. The molecule has 4 rings (SSSR count). The minimum Gasteiger partial charge on any atom is -0.387 e. The third-order valence-electron chi connectivity index (χ3n) is 5.92. The molecule has 1 unspecified atom stereocenters. The molecule has 1 aliphatic rings. The molecule has 3 heterocycles. The lowest BCUT2D eigenvalue weighted by molar-refractivity contribution is -0.137. The molecule has 0 radical (unpaired) electrons. The Morgan fingerprint density at radius 2 is 1.89 bits per heavy atom. The Morgan fingerprint density at radius 1 is 1.21 bits per heavy atom. The highest BCUT2D eigenvalue weighted by atomic mass is 31.2. The second-order valence-electron chi connectivity index (χ2n) is 8.66. The summed E-state index contributed by atoms with van der Waals surface area (Å²) < 4.78 is 61.6. The Balaban J connectivity index is 1.59. The Bertz CT molecular complexity index is 1390. The zero-order valence-electron chi connectivity index (χ0n) is 19.6. The summed E-state index contributed by atoms with van der Waals surface area (Å²) in [6, 6.07) is 7.46. The number of aliphatic hydroxyl groups is 2. The van der Waals surface area contributed by atoms with Gasteiger partial charge in [0, 0.05) is 12.2 Å². The van der Waals surface area contributed by atoms with Gasteiger partial charge in [-0.25, -0.2) is 9.97 Å². The standard InChI is InChI=1S/C22H23F3N5O7P/c1-11(12-2-4-13(5-3-12)22(23,24)25)27-19-14-6-7-30(20(14)29-16(8-26)28-19)21-18(32)17(31)15(37-21)9-36-10-38(33,34)35/h2-7,11,15,17-18,21,31-32H,9-10H2,1H3,(H,27,28,29)(H2,33,34,35)/t11?,15-,17-,18-,21-/m1/s1. The van der Waals surface area contributed by atoms with Crippen LogP contribution in [0.2, 0.25) is 0 Å². The summed E-state index contributed by atoms with van der Waals surface area (Å²) >= 11 is 0. The number of anilines is 1. The fraction of sp³-hybridized carbons (Fsp3) is 0.409. The summed E-state index contributed by atoms with van der Waals surface area (Å²) in [7, 11) is -4.44. The second-order valence-corrected chi connectivity index (χ2v) is 10.3. The van der Waals surface area contributed by atoms with Crippen molar-refractivity contribution in [2.24, 2.45) is 0 Å². The fourth-order valence-electron chi connectivity index (χ4n) is 4.03. The van der Waals surface area contributed by atoms with E-state index in [0.717, 1.165) is 12.1 Å². The largest absolute Gasteiger partial charge is 0.416 e. The zero-order chi connectivity index (χ0) is 27.8. The van der Waals surface area contributed by atoms with Crippen molar-refractivity contribution in [1.29, 1.82) is 5.26 Å². The van der Waals surface area contributed by atoms with Gasteiger partial charge in [0.2, 0.25) is 5.82 Å². The van der Waals surface area contributed by atoms with Crippen LogP contribution in [0.1, 0.15) is 36.1 Å². The summed E-state index contributed by atoms with van der Waals surface area (Å²) in [6.07, 6.45) is -9.11. The third-order valence-corrected chi connectivity index (χ3v) is 6.44. The van der Waals surface area contributed by atoms with Gasteiger partial charge in [0.15, 0.2) is 6.23 Å². The molecule has 1 aliphatic heterocycles. The number of aromatic nitrogens is 3. The highest BCUT2D eigenvalue weighted by Gasteiger charge is 2.44. The van der Waals surface area contributed by atoms with E-state index in [1.54, 1.807) is 13.0 Å². The van der Waals surface area contributed by atoms with Gasteiger partial charge in [-0.2, -0.15) is 18.4 Å². The number of benzene rings is 1. The first-order valence-corrected chi connectivity index (χ1v) is 12.9. The van der Waals surface area contributed by atoms with Gasteiger partial charge in [0.05, 0.1) is 17.6 Å². The van der Waals surface area contributed by atoms with Crippen molar-refractivity contribution in [3.63, 3.8) is 0 Å². The van der Waals surface area contributed by atoms with E-state index in [2.05, 4.69) is 15.3 Å². The topological polar surface area (TPSA) is 183 Å². The number of nitrogens with zero attached hydrogens (tertiary/aromatic N) is 4. The van der Waals surface area contributed by atoms with Crippen molar-refractivity contribution in [1.82, 2.24) is 14.5 Å². The highest BCUT2D eigenvalue weighted by Crippen LogP contribution is 2.37. The molecule has 0 spiro atoms. The van der Waals surface area contributed by atoms with Crippen LogP contribution < -0.4 is 5.32 Å². The van der Waals surface area contributed by atoms with Gasteiger partial charge in [-0.15, -0.1) is 0 Å². The van der Waals surface area contributed by atoms with E-state index in [1.807, 2.05) is 6.07 Å². The van der Waals surface area contributed by atoms with Crippen LogP contribution in [0.15, 0.2) is 36.5 Å². The Hall–Kier alpha value is -3.09. The summed E-state index contributed by atoms with van der Waals surface area (Å²) in [4.78, 5) is 26.2. The number of hydrogen-bond donors (Lipinski definition) is 5. The first-order valence-electron chi connectivity index (χ1n) is 11.1. The van der Waals surface area contributed by atoms with Crippen LogP contribution in [-0.4, -0.2) is 65.8 Å². The predicted molar refractivity (Wildman–Crippen MR) is 125 cm³/mol. The summed E-state index contributed by atoms with van der Waals surface area (Å²) in [5.74, 6) is -0.0404. The van der Waals surface area contributed by atoms with Crippen molar-refractivity contribution >= 4 is 24.4 Å². The monoisotopic (exact) mass is 557 g/mol. The number of nitrogens with one attached hydrogen (secondary N) is 1. The summed E-state index contributed by atoms with van der Waals surface area (Å²) in [5, 5.41) is 33.9. The van der Waals surface area contributed by atoms with Crippen LogP contribution in [-0.2, 0) is 20.2 Å². The van der Waals surface area contributed by atoms with E-state index in [9.17, 15) is 33.2 Å².